The molecule has 1 unspecified atom stereocenters. The number of allylic oxidation sites excluding steroid dienone is 1. The van der Waals surface area contributed by atoms with Crippen LogP contribution >= 0.6 is 0 Å². The number of carbonyl (C=O) groups is 3. The van der Waals surface area contributed by atoms with Crippen molar-refractivity contribution in [3.05, 3.63) is 70.4 Å². The van der Waals surface area contributed by atoms with Crippen molar-refractivity contribution in [3.63, 3.8) is 0 Å². The van der Waals surface area contributed by atoms with Gasteiger partial charge in [-0.3, -0.25) is 14.4 Å². The number of rotatable bonds is 10. The van der Waals surface area contributed by atoms with Crippen molar-refractivity contribution < 1.29 is 19.1 Å². The molecule has 3 amide bonds. The van der Waals surface area contributed by atoms with Gasteiger partial charge in [-0.05, 0) is 54.0 Å². The third-order valence-corrected chi connectivity index (χ3v) is 6.65. The number of para-hydroxylation sites is 1. The van der Waals surface area contributed by atoms with Gasteiger partial charge in [0.15, 0.2) is 0 Å². The lowest BCUT2D eigenvalue weighted by molar-refractivity contribution is -0.118. The molecule has 0 aliphatic rings. The number of aromatic nitrogens is 3. The number of carbonyl (C=O) groups excluding carboxylic acids is 3. The van der Waals surface area contributed by atoms with Crippen LogP contribution in [0.4, 0.5) is 10.5 Å². The van der Waals surface area contributed by atoms with Gasteiger partial charge in [0.25, 0.3) is 5.56 Å². The summed E-state index contributed by atoms with van der Waals surface area (Å²) < 4.78 is 6.05. The summed E-state index contributed by atoms with van der Waals surface area (Å²) in [6.07, 6.45) is 3.92. The molecule has 5 N–H and O–H groups in total. The largest absolute Gasteiger partial charge is 0.453 e. The first kappa shape index (κ1) is 29.2. The van der Waals surface area contributed by atoms with Crippen LogP contribution < -0.4 is 21.9 Å². The molecule has 11 nitrogen and oxygen atoms in total. The highest BCUT2D eigenvalue weighted by atomic mass is 16.5. The van der Waals surface area contributed by atoms with Crippen LogP contribution in [-0.4, -0.2) is 45.6 Å². The van der Waals surface area contributed by atoms with Crippen molar-refractivity contribution in [3.8, 4) is 0 Å². The summed E-state index contributed by atoms with van der Waals surface area (Å²) in [6.45, 7) is 8.91. The predicted molar refractivity (Wildman–Crippen MR) is 149 cm³/mol. The number of ether oxygens (including phenoxy) is 1. The van der Waals surface area contributed by atoms with Crippen molar-refractivity contribution >= 4 is 34.6 Å². The van der Waals surface area contributed by atoms with E-state index in [1.54, 1.807) is 12.3 Å². The fourth-order valence-electron chi connectivity index (χ4n) is 4.07. The average Bonchev–Trinajstić information content (AvgIpc) is 3.29. The van der Waals surface area contributed by atoms with Crippen LogP contribution in [-0.2, 0) is 20.9 Å². The summed E-state index contributed by atoms with van der Waals surface area (Å²) in [5.74, 6) is -0.356. The van der Waals surface area contributed by atoms with Gasteiger partial charge in [0.05, 0.1) is 24.7 Å². The van der Waals surface area contributed by atoms with Gasteiger partial charge in [0.1, 0.15) is 17.6 Å². The minimum atomic E-state index is -1.01. The molecular weight excluding hydrogens is 500 g/mol. The number of imidazole rings is 1. The summed E-state index contributed by atoms with van der Waals surface area (Å²) in [5.41, 5.74) is 7.63. The Hall–Kier alpha value is -4.41. The lowest BCUT2D eigenvalue weighted by atomic mass is 9.77. The maximum Gasteiger partial charge on any atom is 0.407 e. The van der Waals surface area contributed by atoms with Crippen molar-refractivity contribution in [2.24, 2.45) is 11.1 Å². The summed E-state index contributed by atoms with van der Waals surface area (Å²) >= 11 is 0. The number of amides is 3. The Bertz CT molecular complexity index is 1430. The molecule has 39 heavy (non-hydrogen) atoms. The lowest BCUT2D eigenvalue weighted by Gasteiger charge is -2.27. The minimum Gasteiger partial charge on any atom is -0.453 e. The van der Waals surface area contributed by atoms with Crippen LogP contribution in [0.5, 0.6) is 0 Å². The summed E-state index contributed by atoms with van der Waals surface area (Å²) in [6, 6.07) is 8.14. The lowest BCUT2D eigenvalue weighted by Crippen LogP contribution is -2.44. The number of aromatic amines is 1. The maximum atomic E-state index is 13.2. The Balaban J connectivity index is 1.81. The van der Waals surface area contributed by atoms with Crippen molar-refractivity contribution in [2.75, 3.05) is 12.4 Å². The van der Waals surface area contributed by atoms with Crippen LogP contribution in [0.2, 0.25) is 0 Å². The number of H-pyrrole nitrogens is 1. The SMILES string of the molecule is COC(=O)N[C@@H](CC/C=C/C(N)=O)C(=O)Nc1cccn(Cc2nc3c(C(C)C(C)(C)C)cccc3[nH]2)c1=O. The molecule has 0 bridgehead atoms. The first-order valence-electron chi connectivity index (χ1n) is 12.7. The topological polar surface area (TPSA) is 161 Å². The zero-order valence-electron chi connectivity index (χ0n) is 22.9. The third-order valence-electron chi connectivity index (χ3n) is 6.65. The Kier molecular flexibility index (Phi) is 9.29. The zero-order chi connectivity index (χ0) is 28.7. The van der Waals surface area contributed by atoms with E-state index in [1.165, 1.54) is 29.9 Å². The molecule has 0 fully saturated rings. The second kappa shape index (κ2) is 12.4. The van der Waals surface area contributed by atoms with Crippen molar-refractivity contribution in [1.29, 1.82) is 0 Å². The molecule has 0 saturated heterocycles. The molecule has 0 spiro atoms. The monoisotopic (exact) mass is 536 g/mol. The summed E-state index contributed by atoms with van der Waals surface area (Å²) in [4.78, 5) is 56.9. The van der Waals surface area contributed by atoms with E-state index in [9.17, 15) is 19.2 Å². The quantitative estimate of drug-likeness (QED) is 0.290. The molecule has 208 valence electrons. The van der Waals surface area contributed by atoms with Crippen LogP contribution in [0.15, 0.2) is 53.5 Å². The van der Waals surface area contributed by atoms with Gasteiger partial charge in [-0.25, -0.2) is 9.78 Å². The highest BCUT2D eigenvalue weighted by molar-refractivity contribution is 5.96. The van der Waals surface area contributed by atoms with E-state index >= 15 is 0 Å². The number of anilines is 1. The number of primary amides is 1. The number of hydrogen-bond acceptors (Lipinski definition) is 6. The van der Waals surface area contributed by atoms with Crippen molar-refractivity contribution in [1.82, 2.24) is 19.9 Å². The number of hydrogen-bond donors (Lipinski definition) is 4. The van der Waals surface area contributed by atoms with E-state index in [1.807, 2.05) is 12.1 Å². The standard InChI is InChI=1S/C28H36N6O5/c1-17(28(2,3)4)18-10-8-12-19-24(18)33-23(30-19)16-34-15-9-13-21(26(34)37)31-25(36)20(32-27(38)39-5)11-6-7-14-22(29)35/h7-10,12-15,17,20H,6,11,16H2,1-5H3,(H2,29,35)(H,30,33)(H,31,36)(H,32,38)/b14-7+/t17?,20-/m0/s1. The molecular formula is C28H36N6O5. The fourth-order valence-corrected chi connectivity index (χ4v) is 4.07. The molecule has 1 aromatic carbocycles. The Labute approximate surface area is 226 Å². The number of fused-ring (bicyclic) bond motifs is 1. The van der Waals surface area contributed by atoms with E-state index in [0.29, 0.717) is 5.82 Å². The van der Waals surface area contributed by atoms with E-state index in [-0.39, 0.29) is 36.4 Å². The fraction of sp³-hybridized carbons (Fsp3) is 0.393. The molecule has 2 heterocycles. The van der Waals surface area contributed by atoms with Crippen LogP contribution in [0.25, 0.3) is 11.0 Å². The molecule has 3 rings (SSSR count). The number of benzene rings is 1. The average molecular weight is 537 g/mol. The van der Waals surface area contributed by atoms with Gasteiger partial charge in [-0.2, -0.15) is 0 Å². The van der Waals surface area contributed by atoms with Gasteiger partial charge in [-0.1, -0.05) is 45.9 Å². The van der Waals surface area contributed by atoms with E-state index in [0.717, 1.165) is 16.6 Å². The second-order valence-electron chi connectivity index (χ2n) is 10.4. The first-order chi connectivity index (χ1) is 18.4. The highest BCUT2D eigenvalue weighted by Crippen LogP contribution is 2.37. The highest BCUT2D eigenvalue weighted by Gasteiger charge is 2.25. The Morgan fingerprint density at radius 2 is 1.95 bits per heavy atom. The first-order valence-corrected chi connectivity index (χ1v) is 12.7. The minimum absolute atomic E-state index is 0.0463. The van der Waals surface area contributed by atoms with Crippen LogP contribution in [0.1, 0.15) is 57.8 Å². The molecule has 2 aromatic heterocycles. The van der Waals surface area contributed by atoms with Gasteiger partial charge in [0.2, 0.25) is 11.8 Å². The number of nitrogens with zero attached hydrogens (tertiary/aromatic N) is 2. The summed E-state index contributed by atoms with van der Waals surface area (Å²) in [7, 11) is 1.18. The molecule has 0 aliphatic heterocycles. The third kappa shape index (κ3) is 7.56. The van der Waals surface area contributed by atoms with Gasteiger partial charge in [0, 0.05) is 6.20 Å². The smallest absolute Gasteiger partial charge is 0.407 e. The predicted octanol–water partition coefficient (Wildman–Crippen LogP) is 3.41. The maximum absolute atomic E-state index is 13.2. The number of alkyl carbamates (subject to hydrolysis) is 1. The molecule has 3 aromatic rings. The number of nitrogens with two attached hydrogens (primary N) is 1. The summed E-state index contributed by atoms with van der Waals surface area (Å²) in [5, 5.41) is 5.04. The van der Waals surface area contributed by atoms with Gasteiger partial charge in [-0.15, -0.1) is 0 Å². The Morgan fingerprint density at radius 1 is 1.21 bits per heavy atom. The molecule has 0 saturated carbocycles. The van der Waals surface area contributed by atoms with E-state index in [4.69, 9.17) is 10.7 Å². The molecule has 2 atom stereocenters. The van der Waals surface area contributed by atoms with Gasteiger partial charge >= 0.3 is 6.09 Å². The second-order valence-corrected chi connectivity index (χ2v) is 10.4. The number of methoxy groups -OCH3 is 1. The van der Waals surface area contributed by atoms with E-state index < -0.39 is 29.5 Å². The number of nitrogens with one attached hydrogen (secondary N) is 3. The molecule has 11 heteroatoms. The van der Waals surface area contributed by atoms with Gasteiger partial charge < -0.3 is 30.7 Å². The molecule has 0 aliphatic carbocycles. The normalized spacial score (nSPS) is 13.3. The Morgan fingerprint density at radius 3 is 2.62 bits per heavy atom. The van der Waals surface area contributed by atoms with Crippen LogP contribution in [0, 0.1) is 5.41 Å². The van der Waals surface area contributed by atoms with Crippen molar-refractivity contribution in [2.45, 2.75) is 59.0 Å². The molecule has 0 radical (unpaired) electrons. The number of pyridine rings is 1. The zero-order valence-corrected chi connectivity index (χ0v) is 22.9. The van der Waals surface area contributed by atoms with E-state index in [2.05, 4.69) is 54.1 Å². The van der Waals surface area contributed by atoms with Crippen LogP contribution in [0.3, 0.4) is 0 Å².